The molecule has 1 aliphatic carbocycles. The first-order valence-corrected chi connectivity index (χ1v) is 7.75. The zero-order chi connectivity index (χ0) is 16.8. The van der Waals surface area contributed by atoms with Crippen LogP contribution in [0.25, 0.3) is 0 Å². The molecule has 0 spiro atoms. The zero-order valence-electron chi connectivity index (χ0n) is 13.5. The molecule has 3 atom stereocenters. The maximum Gasteiger partial charge on any atom is 0.319 e. The molecule has 7 nitrogen and oxygen atoms in total. The highest BCUT2D eigenvalue weighted by Gasteiger charge is 2.59. The summed E-state index contributed by atoms with van der Waals surface area (Å²) in [4.78, 5) is 22.7. The van der Waals surface area contributed by atoms with Gasteiger partial charge in [-0.05, 0) is 18.9 Å². The van der Waals surface area contributed by atoms with Crippen LogP contribution in [0.1, 0.15) is 25.8 Å². The van der Waals surface area contributed by atoms with E-state index >= 15 is 0 Å². The molecule has 0 aromatic heterocycles. The van der Waals surface area contributed by atoms with Gasteiger partial charge in [0.2, 0.25) is 0 Å². The number of nitro benzene ring substituents is 1. The molecule has 124 valence electrons. The molecule has 2 N–H and O–H groups in total. The van der Waals surface area contributed by atoms with Gasteiger partial charge in [-0.15, -0.1) is 0 Å². The van der Waals surface area contributed by atoms with Gasteiger partial charge in [0.25, 0.3) is 5.69 Å². The van der Waals surface area contributed by atoms with Gasteiger partial charge >= 0.3 is 6.03 Å². The lowest BCUT2D eigenvalue weighted by Gasteiger charge is -2.54. The SMILES string of the molecule is Cc1ccc([N+](=O)[O-])cc1NC(=O)NC1C2CCOC2C1(C)C. The van der Waals surface area contributed by atoms with Crippen LogP contribution in [0.2, 0.25) is 0 Å². The van der Waals surface area contributed by atoms with Gasteiger partial charge in [-0.2, -0.15) is 0 Å². The summed E-state index contributed by atoms with van der Waals surface area (Å²) in [5.74, 6) is 0.349. The summed E-state index contributed by atoms with van der Waals surface area (Å²) in [6.07, 6.45) is 1.15. The van der Waals surface area contributed by atoms with Crippen molar-refractivity contribution in [3.8, 4) is 0 Å². The topological polar surface area (TPSA) is 93.5 Å². The summed E-state index contributed by atoms with van der Waals surface area (Å²) in [5, 5.41) is 16.6. The molecular formula is C16H21N3O4. The Morgan fingerprint density at radius 1 is 1.43 bits per heavy atom. The van der Waals surface area contributed by atoms with Crippen molar-refractivity contribution in [2.45, 2.75) is 39.3 Å². The predicted molar refractivity (Wildman–Crippen MR) is 85.4 cm³/mol. The van der Waals surface area contributed by atoms with E-state index in [2.05, 4.69) is 24.5 Å². The number of carbonyl (C=O) groups excluding carboxylic acids is 1. The number of rotatable bonds is 3. The molecule has 1 saturated heterocycles. The molecule has 7 heteroatoms. The average molecular weight is 319 g/mol. The van der Waals surface area contributed by atoms with Gasteiger partial charge in [-0.25, -0.2) is 4.79 Å². The molecule has 1 heterocycles. The minimum Gasteiger partial charge on any atom is -0.377 e. The Morgan fingerprint density at radius 3 is 2.87 bits per heavy atom. The van der Waals surface area contributed by atoms with Gasteiger partial charge in [0, 0.05) is 36.1 Å². The Kier molecular flexibility index (Phi) is 3.75. The van der Waals surface area contributed by atoms with Crippen molar-refractivity contribution >= 4 is 17.4 Å². The predicted octanol–water partition coefficient (Wildman–Crippen LogP) is 2.84. The Labute approximate surface area is 134 Å². The van der Waals surface area contributed by atoms with E-state index < -0.39 is 4.92 Å². The van der Waals surface area contributed by atoms with Crippen molar-refractivity contribution in [2.24, 2.45) is 11.3 Å². The van der Waals surface area contributed by atoms with Crippen LogP contribution in [0.3, 0.4) is 0 Å². The Morgan fingerprint density at radius 2 is 2.17 bits per heavy atom. The number of nitro groups is 1. The van der Waals surface area contributed by atoms with Gasteiger partial charge in [0.15, 0.2) is 0 Å². The van der Waals surface area contributed by atoms with Crippen molar-refractivity contribution in [2.75, 3.05) is 11.9 Å². The molecule has 1 saturated carbocycles. The third-order valence-corrected chi connectivity index (χ3v) is 5.07. The quantitative estimate of drug-likeness (QED) is 0.661. The van der Waals surface area contributed by atoms with Crippen LogP contribution < -0.4 is 10.6 Å². The first kappa shape index (κ1) is 15.7. The van der Waals surface area contributed by atoms with E-state index in [1.54, 1.807) is 13.0 Å². The molecule has 3 unspecified atom stereocenters. The highest BCUT2D eigenvalue weighted by atomic mass is 16.6. The molecule has 3 rings (SSSR count). The minimum absolute atomic E-state index is 0.0425. The summed E-state index contributed by atoms with van der Waals surface area (Å²) < 4.78 is 5.71. The fourth-order valence-electron chi connectivity index (χ4n) is 3.78. The average Bonchev–Trinajstić information content (AvgIpc) is 2.94. The summed E-state index contributed by atoms with van der Waals surface area (Å²) in [6, 6.07) is 4.14. The first-order chi connectivity index (χ1) is 10.8. The third kappa shape index (κ3) is 2.65. The lowest BCUT2D eigenvalue weighted by molar-refractivity contribution is -0.384. The number of carbonyl (C=O) groups is 1. The van der Waals surface area contributed by atoms with Crippen LogP contribution in [0, 0.1) is 28.4 Å². The van der Waals surface area contributed by atoms with Crippen LogP contribution in [0.15, 0.2) is 18.2 Å². The molecular weight excluding hydrogens is 298 g/mol. The largest absolute Gasteiger partial charge is 0.377 e. The number of nitrogens with zero attached hydrogens (tertiary/aromatic N) is 1. The Bertz CT molecular complexity index is 659. The number of fused-ring (bicyclic) bond motifs is 1. The Balaban J connectivity index is 1.68. The second kappa shape index (κ2) is 5.49. The smallest absolute Gasteiger partial charge is 0.319 e. The molecule has 0 radical (unpaired) electrons. The normalized spacial score (nSPS) is 27.7. The number of anilines is 1. The zero-order valence-corrected chi connectivity index (χ0v) is 13.5. The highest BCUT2D eigenvalue weighted by Crippen LogP contribution is 2.52. The van der Waals surface area contributed by atoms with E-state index in [0.717, 1.165) is 18.6 Å². The Hall–Kier alpha value is -2.15. The van der Waals surface area contributed by atoms with E-state index in [0.29, 0.717) is 11.6 Å². The van der Waals surface area contributed by atoms with Crippen molar-refractivity contribution in [1.29, 1.82) is 0 Å². The van der Waals surface area contributed by atoms with Gasteiger partial charge in [0.1, 0.15) is 0 Å². The number of non-ortho nitro benzene ring substituents is 1. The van der Waals surface area contributed by atoms with Crippen LogP contribution in [-0.2, 0) is 4.74 Å². The van der Waals surface area contributed by atoms with Gasteiger partial charge in [-0.3, -0.25) is 10.1 Å². The second-order valence-corrected chi connectivity index (χ2v) is 6.90. The van der Waals surface area contributed by atoms with E-state index in [4.69, 9.17) is 4.74 Å². The van der Waals surface area contributed by atoms with Crippen LogP contribution in [0.5, 0.6) is 0 Å². The number of hydrogen-bond donors (Lipinski definition) is 2. The summed E-state index contributed by atoms with van der Waals surface area (Å²) >= 11 is 0. The lowest BCUT2D eigenvalue weighted by atomic mass is 9.57. The van der Waals surface area contributed by atoms with Crippen LogP contribution in [0.4, 0.5) is 16.2 Å². The van der Waals surface area contributed by atoms with Crippen molar-refractivity contribution in [3.05, 3.63) is 33.9 Å². The summed E-state index contributed by atoms with van der Waals surface area (Å²) in [6.45, 7) is 6.71. The number of benzene rings is 1. The second-order valence-electron chi connectivity index (χ2n) is 6.90. The molecule has 1 aromatic rings. The van der Waals surface area contributed by atoms with Crippen molar-refractivity contribution in [3.63, 3.8) is 0 Å². The van der Waals surface area contributed by atoms with E-state index in [1.807, 2.05) is 0 Å². The highest BCUT2D eigenvalue weighted by molar-refractivity contribution is 5.90. The molecule has 0 bridgehead atoms. The number of ether oxygens (including phenoxy) is 1. The van der Waals surface area contributed by atoms with Gasteiger partial charge < -0.3 is 15.4 Å². The number of urea groups is 1. The van der Waals surface area contributed by atoms with Crippen LogP contribution in [-0.4, -0.2) is 29.7 Å². The van der Waals surface area contributed by atoms with Gasteiger partial charge in [0.05, 0.1) is 16.7 Å². The number of amides is 2. The molecule has 23 heavy (non-hydrogen) atoms. The van der Waals surface area contributed by atoms with E-state index in [-0.39, 0.29) is 29.3 Å². The monoisotopic (exact) mass is 319 g/mol. The molecule has 2 fully saturated rings. The fraction of sp³-hybridized carbons (Fsp3) is 0.562. The van der Waals surface area contributed by atoms with E-state index in [1.165, 1.54) is 12.1 Å². The standard InChI is InChI=1S/C16H21N3O4/c1-9-4-5-10(19(21)22)8-12(9)17-15(20)18-13-11-6-7-23-14(11)16(13,2)3/h4-5,8,11,13-14H,6-7H2,1-3H3,(H2,17,18,20). The first-order valence-electron chi connectivity index (χ1n) is 7.75. The lowest BCUT2D eigenvalue weighted by Crippen LogP contribution is -2.67. The molecule has 2 amide bonds. The number of nitrogens with one attached hydrogen (secondary N) is 2. The molecule has 1 aromatic carbocycles. The third-order valence-electron chi connectivity index (χ3n) is 5.07. The molecule has 2 aliphatic rings. The van der Waals surface area contributed by atoms with Gasteiger partial charge in [-0.1, -0.05) is 19.9 Å². The van der Waals surface area contributed by atoms with Crippen LogP contribution >= 0.6 is 0 Å². The maximum absolute atomic E-state index is 12.3. The summed E-state index contributed by atoms with van der Waals surface area (Å²) in [5.41, 5.74) is 1.09. The van der Waals surface area contributed by atoms with Crippen molar-refractivity contribution < 1.29 is 14.5 Å². The minimum atomic E-state index is -0.474. The van der Waals surface area contributed by atoms with Crippen molar-refractivity contribution in [1.82, 2.24) is 5.32 Å². The molecule has 1 aliphatic heterocycles. The summed E-state index contributed by atoms with van der Waals surface area (Å²) in [7, 11) is 0. The number of aryl methyl sites for hydroxylation is 1. The fourth-order valence-corrected chi connectivity index (χ4v) is 3.78. The number of hydrogen-bond acceptors (Lipinski definition) is 4. The van der Waals surface area contributed by atoms with E-state index in [9.17, 15) is 14.9 Å². The maximum atomic E-state index is 12.3.